The second-order valence-corrected chi connectivity index (χ2v) is 7.38. The van der Waals surface area contributed by atoms with E-state index in [1.54, 1.807) is 24.3 Å². The smallest absolute Gasteiger partial charge is 0.307 e. The number of halogens is 1. The van der Waals surface area contributed by atoms with E-state index in [1.165, 1.54) is 6.07 Å². The molecule has 1 aliphatic heterocycles. The van der Waals surface area contributed by atoms with Crippen LogP contribution in [0.25, 0.3) is 0 Å². The molecule has 6 heteroatoms. The van der Waals surface area contributed by atoms with Gasteiger partial charge in [-0.25, -0.2) is 4.39 Å². The highest BCUT2D eigenvalue weighted by Gasteiger charge is 2.40. The predicted molar refractivity (Wildman–Crippen MR) is 96.2 cm³/mol. The minimum atomic E-state index is -0.898. The summed E-state index contributed by atoms with van der Waals surface area (Å²) in [7, 11) is 0. The quantitative estimate of drug-likeness (QED) is 0.602. The van der Waals surface area contributed by atoms with Gasteiger partial charge in [-0.3, -0.25) is 14.5 Å². The van der Waals surface area contributed by atoms with Crippen LogP contribution in [0, 0.1) is 11.7 Å². The zero-order valence-corrected chi connectivity index (χ0v) is 14.8. The Balaban J connectivity index is 1.88. The van der Waals surface area contributed by atoms with Crippen molar-refractivity contribution in [3.63, 3.8) is 0 Å². The van der Waals surface area contributed by atoms with Crippen LogP contribution in [0.2, 0.25) is 0 Å². The average molecular weight is 363 g/mol. The second kappa shape index (κ2) is 7.70. The Bertz CT molecular complexity index is 702. The summed E-state index contributed by atoms with van der Waals surface area (Å²) in [5.74, 6) is -1.18. The Kier molecular flexibility index (Phi) is 5.59. The molecular formula is C19H22FNO3S. The van der Waals surface area contributed by atoms with Gasteiger partial charge in [0.2, 0.25) is 0 Å². The molecule has 1 aromatic carbocycles. The number of thiol groups is 1. The van der Waals surface area contributed by atoms with Crippen molar-refractivity contribution in [2.45, 2.75) is 37.0 Å². The highest BCUT2D eigenvalue weighted by Crippen LogP contribution is 2.39. The number of piperidine rings is 1. The third-order valence-electron chi connectivity index (χ3n) is 4.86. The van der Waals surface area contributed by atoms with E-state index >= 15 is 0 Å². The van der Waals surface area contributed by atoms with Crippen molar-refractivity contribution in [3.05, 3.63) is 47.3 Å². The molecule has 134 valence electrons. The number of rotatable bonds is 6. The maximum Gasteiger partial charge on any atom is 0.307 e. The topological polar surface area (TPSA) is 57.6 Å². The van der Waals surface area contributed by atoms with Crippen LogP contribution in [-0.4, -0.2) is 40.1 Å². The zero-order valence-electron chi connectivity index (χ0n) is 13.9. The highest BCUT2D eigenvalue weighted by molar-refractivity contribution is 7.81. The van der Waals surface area contributed by atoms with Crippen LogP contribution in [-0.2, 0) is 9.59 Å². The molecule has 1 heterocycles. The summed E-state index contributed by atoms with van der Waals surface area (Å²) in [6.45, 7) is 1.08. The van der Waals surface area contributed by atoms with Crippen molar-refractivity contribution in [2.24, 2.45) is 5.92 Å². The maximum atomic E-state index is 14.4. The van der Waals surface area contributed by atoms with Crippen molar-refractivity contribution in [3.8, 4) is 0 Å². The Morgan fingerprint density at radius 3 is 2.68 bits per heavy atom. The van der Waals surface area contributed by atoms with E-state index in [0.29, 0.717) is 25.1 Å². The van der Waals surface area contributed by atoms with Crippen LogP contribution in [0.5, 0.6) is 0 Å². The van der Waals surface area contributed by atoms with Crippen LogP contribution in [0.4, 0.5) is 4.39 Å². The molecule has 1 N–H and O–H groups in total. The van der Waals surface area contributed by atoms with Gasteiger partial charge in [0.15, 0.2) is 5.78 Å². The van der Waals surface area contributed by atoms with Crippen LogP contribution in [0.15, 0.2) is 35.9 Å². The van der Waals surface area contributed by atoms with Crippen molar-refractivity contribution in [1.29, 1.82) is 0 Å². The number of benzene rings is 1. The molecule has 2 fully saturated rings. The number of likely N-dealkylation sites (tertiary alicyclic amines) is 1. The molecule has 2 atom stereocenters. The monoisotopic (exact) mass is 363 g/mol. The second-order valence-electron chi connectivity index (χ2n) is 6.75. The van der Waals surface area contributed by atoms with Gasteiger partial charge in [0.05, 0.1) is 12.5 Å². The Labute approximate surface area is 152 Å². The van der Waals surface area contributed by atoms with Crippen LogP contribution >= 0.6 is 12.6 Å². The number of hydrogen-bond acceptors (Lipinski definition) is 4. The van der Waals surface area contributed by atoms with Crippen molar-refractivity contribution in [2.75, 3.05) is 13.1 Å². The molecule has 0 bridgehead atoms. The normalized spacial score (nSPS) is 24.2. The predicted octanol–water partition coefficient (Wildman–Crippen LogP) is 3.25. The lowest BCUT2D eigenvalue weighted by Gasteiger charge is -2.37. The standard InChI is InChI=1S/C19H22FNO3S/c20-15-4-2-1-3-14(15)18(19(24)12-5-6-12)21-10-9-16(25)13(11-21)7-8-17(22)23/h1-4,7,12,16,18,25H,5-6,8-11H2,(H,22,23)/b13-7-. The van der Waals surface area contributed by atoms with Crippen molar-refractivity contribution in [1.82, 2.24) is 4.90 Å². The fourth-order valence-electron chi connectivity index (χ4n) is 3.35. The van der Waals surface area contributed by atoms with Gasteiger partial charge >= 0.3 is 5.97 Å². The van der Waals surface area contributed by atoms with Gasteiger partial charge in [0.1, 0.15) is 5.82 Å². The van der Waals surface area contributed by atoms with Gasteiger partial charge in [-0.2, -0.15) is 12.6 Å². The molecule has 1 aromatic rings. The number of hydrogen-bond donors (Lipinski definition) is 2. The summed E-state index contributed by atoms with van der Waals surface area (Å²) < 4.78 is 14.4. The number of aliphatic carboxylic acids is 1. The van der Waals surface area contributed by atoms with Gasteiger partial charge < -0.3 is 5.11 Å². The first kappa shape index (κ1) is 18.1. The van der Waals surface area contributed by atoms with Gasteiger partial charge in [-0.05, 0) is 30.9 Å². The maximum absolute atomic E-state index is 14.4. The van der Waals surface area contributed by atoms with E-state index in [4.69, 9.17) is 5.11 Å². The van der Waals surface area contributed by atoms with Crippen LogP contribution < -0.4 is 0 Å². The molecule has 2 aliphatic rings. The summed E-state index contributed by atoms with van der Waals surface area (Å²) in [5.41, 5.74) is 1.30. The fraction of sp³-hybridized carbons (Fsp3) is 0.474. The molecule has 0 amide bonds. The van der Waals surface area contributed by atoms with Gasteiger partial charge in [0.25, 0.3) is 0 Å². The summed E-state index contributed by atoms with van der Waals surface area (Å²) in [6.07, 6.45) is 4.05. The minimum absolute atomic E-state index is 0.0183. The van der Waals surface area contributed by atoms with E-state index in [1.807, 2.05) is 4.90 Å². The molecule has 0 spiro atoms. The van der Waals surface area contributed by atoms with Crippen LogP contribution in [0.1, 0.15) is 37.3 Å². The molecule has 1 saturated heterocycles. The summed E-state index contributed by atoms with van der Waals surface area (Å²) >= 11 is 4.53. The molecule has 1 saturated carbocycles. The molecular weight excluding hydrogens is 341 g/mol. The number of carboxylic acid groups (broad SMARTS) is 1. The van der Waals surface area contributed by atoms with Crippen LogP contribution in [0.3, 0.4) is 0 Å². The SMILES string of the molecule is O=C(O)C/C=C1/CN(C(C(=O)C2CC2)c2ccccc2F)CCC1S. The van der Waals surface area contributed by atoms with E-state index in [9.17, 15) is 14.0 Å². The largest absolute Gasteiger partial charge is 0.481 e. The lowest BCUT2D eigenvalue weighted by molar-refractivity contribution is -0.136. The summed E-state index contributed by atoms with van der Waals surface area (Å²) in [5, 5.41) is 8.88. The van der Waals surface area contributed by atoms with Gasteiger partial charge in [-0.15, -0.1) is 0 Å². The fourth-order valence-corrected chi connectivity index (χ4v) is 3.65. The molecule has 1 aliphatic carbocycles. The average Bonchev–Trinajstić information content (AvgIpc) is 3.41. The molecule has 4 nitrogen and oxygen atoms in total. The van der Waals surface area contributed by atoms with Crippen molar-refractivity contribution < 1.29 is 19.1 Å². The van der Waals surface area contributed by atoms with Gasteiger partial charge in [-0.1, -0.05) is 24.3 Å². The third kappa shape index (κ3) is 4.30. The highest BCUT2D eigenvalue weighted by atomic mass is 32.1. The van der Waals surface area contributed by atoms with E-state index in [-0.39, 0.29) is 29.2 Å². The van der Waals surface area contributed by atoms with E-state index in [2.05, 4.69) is 12.6 Å². The number of ketones is 1. The summed E-state index contributed by atoms with van der Waals surface area (Å²) in [4.78, 5) is 25.7. The van der Waals surface area contributed by atoms with Gasteiger partial charge in [0, 0.05) is 29.8 Å². The number of Topliss-reactive ketones (excluding diaryl/α,β-unsaturated/α-hetero) is 1. The Morgan fingerprint density at radius 1 is 1.32 bits per heavy atom. The summed E-state index contributed by atoms with van der Waals surface area (Å²) in [6, 6.07) is 5.82. The number of carbonyl (C=O) groups is 2. The van der Waals surface area contributed by atoms with Crippen molar-refractivity contribution >= 4 is 24.4 Å². The number of carboxylic acids is 1. The van der Waals surface area contributed by atoms with E-state index in [0.717, 1.165) is 18.4 Å². The minimum Gasteiger partial charge on any atom is -0.481 e. The number of nitrogens with zero attached hydrogens (tertiary/aromatic N) is 1. The first-order valence-corrected chi connectivity index (χ1v) is 9.10. The zero-order chi connectivity index (χ0) is 18.0. The first-order chi connectivity index (χ1) is 12.0. The molecule has 0 radical (unpaired) electrons. The number of carbonyl (C=O) groups excluding carboxylic acids is 1. The molecule has 25 heavy (non-hydrogen) atoms. The lowest BCUT2D eigenvalue weighted by Crippen LogP contribution is -2.42. The molecule has 0 aromatic heterocycles. The Hall–Kier alpha value is -1.66. The molecule has 2 unspecified atom stereocenters. The molecule has 3 rings (SSSR count). The van der Waals surface area contributed by atoms with E-state index < -0.39 is 12.0 Å². The lowest BCUT2D eigenvalue weighted by atomic mass is 9.93. The third-order valence-corrected chi connectivity index (χ3v) is 5.45. The Morgan fingerprint density at radius 2 is 2.04 bits per heavy atom. The first-order valence-electron chi connectivity index (χ1n) is 8.58.